The predicted octanol–water partition coefficient (Wildman–Crippen LogP) is 4.44. The Morgan fingerprint density at radius 3 is 2.50 bits per heavy atom. The summed E-state index contributed by atoms with van der Waals surface area (Å²) in [6.07, 6.45) is 0. The van der Waals surface area contributed by atoms with Crippen LogP contribution in [-0.2, 0) is 0 Å². The first-order valence-electron chi connectivity index (χ1n) is 6.51. The molecule has 104 valence electrons. The third-order valence-corrected chi connectivity index (χ3v) is 3.59. The first kappa shape index (κ1) is 14.6. The number of nitrogens with one attached hydrogen (secondary N) is 2. The zero-order chi connectivity index (χ0) is 14.5. The minimum atomic E-state index is -0.112. The SMILES string of the molecule is CCNc1ccc(C(=O)Nc2cc(C)ccc2Br)cc1. The van der Waals surface area contributed by atoms with Crippen molar-refractivity contribution in [1.82, 2.24) is 0 Å². The van der Waals surface area contributed by atoms with Crippen molar-refractivity contribution in [2.24, 2.45) is 0 Å². The number of benzene rings is 2. The van der Waals surface area contributed by atoms with Gasteiger partial charge in [0.1, 0.15) is 0 Å². The van der Waals surface area contributed by atoms with Crippen molar-refractivity contribution in [3.63, 3.8) is 0 Å². The molecule has 0 saturated carbocycles. The molecule has 0 saturated heterocycles. The minimum absolute atomic E-state index is 0.112. The Labute approximate surface area is 127 Å². The van der Waals surface area contributed by atoms with Gasteiger partial charge in [0.15, 0.2) is 0 Å². The molecule has 0 heterocycles. The Morgan fingerprint density at radius 1 is 1.15 bits per heavy atom. The first-order valence-corrected chi connectivity index (χ1v) is 7.31. The lowest BCUT2D eigenvalue weighted by Crippen LogP contribution is -2.12. The van der Waals surface area contributed by atoms with E-state index in [1.807, 2.05) is 56.3 Å². The van der Waals surface area contributed by atoms with Crippen molar-refractivity contribution in [2.75, 3.05) is 17.2 Å². The number of carbonyl (C=O) groups excluding carboxylic acids is 1. The summed E-state index contributed by atoms with van der Waals surface area (Å²) in [6.45, 7) is 4.89. The molecule has 0 fully saturated rings. The highest BCUT2D eigenvalue weighted by molar-refractivity contribution is 9.10. The van der Waals surface area contributed by atoms with Gasteiger partial charge in [0.25, 0.3) is 5.91 Å². The number of carbonyl (C=O) groups is 1. The Hall–Kier alpha value is -1.81. The van der Waals surface area contributed by atoms with E-state index in [2.05, 4.69) is 26.6 Å². The van der Waals surface area contributed by atoms with Crippen LogP contribution >= 0.6 is 15.9 Å². The fraction of sp³-hybridized carbons (Fsp3) is 0.188. The Kier molecular flexibility index (Phi) is 4.79. The topological polar surface area (TPSA) is 41.1 Å². The van der Waals surface area contributed by atoms with E-state index in [1.54, 1.807) is 0 Å². The van der Waals surface area contributed by atoms with Gasteiger partial charge in [0.05, 0.1) is 5.69 Å². The molecule has 2 aromatic carbocycles. The van der Waals surface area contributed by atoms with E-state index in [4.69, 9.17) is 0 Å². The van der Waals surface area contributed by atoms with Gasteiger partial charge in [-0.15, -0.1) is 0 Å². The van der Waals surface area contributed by atoms with Crippen molar-refractivity contribution >= 4 is 33.2 Å². The van der Waals surface area contributed by atoms with Crippen LogP contribution in [0.1, 0.15) is 22.8 Å². The van der Waals surface area contributed by atoms with Gasteiger partial charge < -0.3 is 10.6 Å². The highest BCUT2D eigenvalue weighted by Crippen LogP contribution is 2.24. The molecule has 0 aliphatic carbocycles. The molecule has 0 aliphatic rings. The summed E-state index contributed by atoms with van der Waals surface area (Å²) in [5.74, 6) is -0.112. The van der Waals surface area contributed by atoms with Crippen LogP contribution in [0.5, 0.6) is 0 Å². The lowest BCUT2D eigenvalue weighted by Gasteiger charge is -2.09. The van der Waals surface area contributed by atoms with E-state index in [0.717, 1.165) is 28.0 Å². The molecule has 2 rings (SSSR count). The van der Waals surface area contributed by atoms with Crippen LogP contribution in [0, 0.1) is 6.92 Å². The van der Waals surface area contributed by atoms with Gasteiger partial charge >= 0.3 is 0 Å². The second kappa shape index (κ2) is 6.57. The summed E-state index contributed by atoms with van der Waals surface area (Å²) in [5.41, 5.74) is 3.54. The van der Waals surface area contributed by atoms with E-state index in [0.29, 0.717) is 5.56 Å². The lowest BCUT2D eigenvalue weighted by atomic mass is 10.1. The molecule has 3 nitrogen and oxygen atoms in total. The number of halogens is 1. The third kappa shape index (κ3) is 3.61. The Bertz CT molecular complexity index is 608. The maximum Gasteiger partial charge on any atom is 0.255 e. The Morgan fingerprint density at radius 2 is 1.85 bits per heavy atom. The van der Waals surface area contributed by atoms with E-state index >= 15 is 0 Å². The molecular formula is C16H17BrN2O. The zero-order valence-corrected chi connectivity index (χ0v) is 13.1. The highest BCUT2D eigenvalue weighted by Gasteiger charge is 2.08. The molecule has 2 N–H and O–H groups in total. The molecule has 20 heavy (non-hydrogen) atoms. The molecule has 0 unspecified atom stereocenters. The van der Waals surface area contributed by atoms with Crippen LogP contribution in [-0.4, -0.2) is 12.5 Å². The predicted molar refractivity (Wildman–Crippen MR) is 87.4 cm³/mol. The van der Waals surface area contributed by atoms with Crippen molar-refractivity contribution in [3.05, 3.63) is 58.1 Å². The second-order valence-electron chi connectivity index (χ2n) is 4.55. The van der Waals surface area contributed by atoms with Gasteiger partial charge in [-0.05, 0) is 71.7 Å². The summed E-state index contributed by atoms with van der Waals surface area (Å²) in [7, 11) is 0. The maximum absolute atomic E-state index is 12.2. The smallest absolute Gasteiger partial charge is 0.255 e. The highest BCUT2D eigenvalue weighted by atomic mass is 79.9. The van der Waals surface area contributed by atoms with Crippen LogP contribution in [0.2, 0.25) is 0 Å². The van der Waals surface area contributed by atoms with Crippen molar-refractivity contribution in [3.8, 4) is 0 Å². The standard InChI is InChI=1S/C16H17BrN2O/c1-3-18-13-7-5-12(6-8-13)16(20)19-15-10-11(2)4-9-14(15)17/h4-10,18H,3H2,1-2H3,(H,19,20). The van der Waals surface area contributed by atoms with Crippen LogP contribution in [0.3, 0.4) is 0 Å². The first-order chi connectivity index (χ1) is 9.60. The molecule has 0 bridgehead atoms. The number of amides is 1. The van der Waals surface area contributed by atoms with Gasteiger partial charge in [0.2, 0.25) is 0 Å². The van der Waals surface area contributed by atoms with Crippen LogP contribution < -0.4 is 10.6 Å². The quantitative estimate of drug-likeness (QED) is 0.868. The van der Waals surface area contributed by atoms with Crippen LogP contribution in [0.25, 0.3) is 0 Å². The Balaban J connectivity index is 2.13. The van der Waals surface area contributed by atoms with E-state index in [1.165, 1.54) is 0 Å². The fourth-order valence-electron chi connectivity index (χ4n) is 1.87. The molecule has 2 aromatic rings. The van der Waals surface area contributed by atoms with E-state index < -0.39 is 0 Å². The van der Waals surface area contributed by atoms with Gasteiger partial charge in [0, 0.05) is 22.3 Å². The average Bonchev–Trinajstić information content (AvgIpc) is 2.44. The van der Waals surface area contributed by atoms with Crippen molar-refractivity contribution < 1.29 is 4.79 Å². The summed E-state index contributed by atoms with van der Waals surface area (Å²) in [4.78, 5) is 12.2. The molecule has 0 aromatic heterocycles. The third-order valence-electron chi connectivity index (χ3n) is 2.90. The molecule has 0 aliphatic heterocycles. The molecule has 0 atom stereocenters. The van der Waals surface area contributed by atoms with Gasteiger partial charge in [-0.2, -0.15) is 0 Å². The van der Waals surface area contributed by atoms with Gasteiger partial charge in [-0.25, -0.2) is 0 Å². The van der Waals surface area contributed by atoms with Crippen LogP contribution in [0.4, 0.5) is 11.4 Å². The number of aryl methyl sites for hydroxylation is 1. The van der Waals surface area contributed by atoms with Gasteiger partial charge in [-0.3, -0.25) is 4.79 Å². The normalized spacial score (nSPS) is 10.2. The molecule has 0 spiro atoms. The summed E-state index contributed by atoms with van der Waals surface area (Å²) in [5, 5.41) is 6.11. The molecule has 0 radical (unpaired) electrons. The summed E-state index contributed by atoms with van der Waals surface area (Å²) < 4.78 is 0.876. The minimum Gasteiger partial charge on any atom is -0.385 e. The van der Waals surface area contributed by atoms with E-state index in [-0.39, 0.29) is 5.91 Å². The average molecular weight is 333 g/mol. The molecule has 4 heteroatoms. The monoisotopic (exact) mass is 332 g/mol. The molecular weight excluding hydrogens is 316 g/mol. The van der Waals surface area contributed by atoms with Crippen molar-refractivity contribution in [2.45, 2.75) is 13.8 Å². The summed E-state index contributed by atoms with van der Waals surface area (Å²) in [6, 6.07) is 13.3. The second-order valence-corrected chi connectivity index (χ2v) is 5.40. The number of rotatable bonds is 4. The largest absolute Gasteiger partial charge is 0.385 e. The van der Waals surface area contributed by atoms with Gasteiger partial charge in [-0.1, -0.05) is 6.07 Å². The lowest BCUT2D eigenvalue weighted by molar-refractivity contribution is 0.102. The van der Waals surface area contributed by atoms with Crippen LogP contribution in [0.15, 0.2) is 46.9 Å². The fourth-order valence-corrected chi connectivity index (χ4v) is 2.22. The van der Waals surface area contributed by atoms with Crippen molar-refractivity contribution in [1.29, 1.82) is 0 Å². The zero-order valence-electron chi connectivity index (χ0n) is 11.5. The molecule has 1 amide bonds. The van der Waals surface area contributed by atoms with E-state index in [9.17, 15) is 4.79 Å². The number of hydrogen-bond acceptors (Lipinski definition) is 2. The maximum atomic E-state index is 12.2. The number of anilines is 2. The number of hydrogen-bond donors (Lipinski definition) is 2. The summed E-state index contributed by atoms with van der Waals surface area (Å²) >= 11 is 3.44.